The largest absolute Gasteiger partial charge is 0.471 e. The third-order valence-electron chi connectivity index (χ3n) is 8.11. The number of aryl methyl sites for hydroxylation is 2. The highest BCUT2D eigenvalue weighted by Gasteiger charge is 2.18. The molecular weight excluding hydrogens is 588 g/mol. The third kappa shape index (κ3) is 6.15. The van der Waals surface area contributed by atoms with Gasteiger partial charge in [0.05, 0.1) is 39.5 Å². The highest BCUT2D eigenvalue weighted by atomic mass is 35.5. The zero-order chi connectivity index (χ0) is 30.9. The van der Waals surface area contributed by atoms with Gasteiger partial charge in [-0.2, -0.15) is 5.10 Å². The van der Waals surface area contributed by atoms with Crippen LogP contribution in [0.3, 0.4) is 0 Å². The van der Waals surface area contributed by atoms with Crippen molar-refractivity contribution >= 4 is 50.7 Å². The number of hydrogen-bond acceptors (Lipinski definition) is 7. The number of nitrogens with one attached hydrogen (secondary N) is 2. The van der Waals surface area contributed by atoms with Crippen LogP contribution in [-0.4, -0.2) is 53.6 Å². The first-order chi connectivity index (χ1) is 21.9. The van der Waals surface area contributed by atoms with Crippen LogP contribution < -0.4 is 10.1 Å². The van der Waals surface area contributed by atoms with Gasteiger partial charge in [-0.15, -0.1) is 0 Å². The van der Waals surface area contributed by atoms with Gasteiger partial charge in [0.25, 0.3) is 5.91 Å². The molecule has 0 spiro atoms. The normalized spacial score (nSPS) is 13.7. The number of aromatic amines is 1. The molecule has 1 aliphatic rings. The standard InChI is InChI=1S/C34H31ClN8O2/c1-21-27-16-23(6-10-29(27)41-40-21)34(44)37-25-9-11-31-30(17-25)38-32(42(31)2)19-43-14-12-22(13-15-43)28-4-3-5-33(39-28)45-20-26-8-7-24(35)18-36-26/h3-12,16-18H,13-15,19-20H2,1-2H3,(H,37,44)(H,40,41). The van der Waals surface area contributed by atoms with Gasteiger partial charge in [-0.25, -0.2) is 9.97 Å². The molecule has 4 aromatic heterocycles. The zero-order valence-electron chi connectivity index (χ0n) is 24.9. The summed E-state index contributed by atoms with van der Waals surface area (Å²) in [6.45, 7) is 4.66. The molecule has 11 heteroatoms. The minimum atomic E-state index is -0.172. The zero-order valence-corrected chi connectivity index (χ0v) is 25.7. The van der Waals surface area contributed by atoms with Crippen molar-refractivity contribution < 1.29 is 9.53 Å². The maximum absolute atomic E-state index is 13.0. The van der Waals surface area contributed by atoms with Crippen LogP contribution in [0.5, 0.6) is 5.88 Å². The Hall–Kier alpha value is -5.06. The summed E-state index contributed by atoms with van der Waals surface area (Å²) in [7, 11) is 2.03. The minimum Gasteiger partial charge on any atom is -0.471 e. The van der Waals surface area contributed by atoms with Crippen molar-refractivity contribution in [1.82, 2.24) is 34.6 Å². The van der Waals surface area contributed by atoms with Gasteiger partial charge in [0.1, 0.15) is 12.4 Å². The number of carbonyl (C=O) groups excluding carboxylic acids is 1. The molecule has 0 atom stereocenters. The van der Waals surface area contributed by atoms with E-state index in [9.17, 15) is 4.79 Å². The number of rotatable bonds is 8. The van der Waals surface area contributed by atoms with Crippen LogP contribution in [0.2, 0.25) is 5.02 Å². The van der Waals surface area contributed by atoms with Crippen LogP contribution in [0.15, 0.2) is 79.0 Å². The van der Waals surface area contributed by atoms with Crippen LogP contribution in [0, 0.1) is 6.92 Å². The van der Waals surface area contributed by atoms with Crippen LogP contribution in [-0.2, 0) is 20.2 Å². The number of fused-ring (bicyclic) bond motifs is 2. The van der Waals surface area contributed by atoms with E-state index < -0.39 is 0 Å². The Labute approximate surface area is 264 Å². The second-order valence-electron chi connectivity index (χ2n) is 11.2. The van der Waals surface area contributed by atoms with E-state index in [0.717, 1.165) is 64.4 Å². The number of anilines is 1. The van der Waals surface area contributed by atoms with Crippen molar-refractivity contribution in [3.05, 3.63) is 112 Å². The number of pyridine rings is 2. The number of carbonyl (C=O) groups is 1. The van der Waals surface area contributed by atoms with Gasteiger partial charge >= 0.3 is 0 Å². The number of H-pyrrole nitrogens is 1. The number of halogens is 1. The molecular formula is C34H31ClN8O2. The summed E-state index contributed by atoms with van der Waals surface area (Å²) in [5, 5.41) is 11.8. The Morgan fingerprint density at radius 3 is 2.80 bits per heavy atom. The molecule has 10 nitrogen and oxygen atoms in total. The molecule has 6 aromatic rings. The molecule has 226 valence electrons. The molecule has 45 heavy (non-hydrogen) atoms. The van der Waals surface area contributed by atoms with E-state index in [0.29, 0.717) is 35.3 Å². The van der Waals surface area contributed by atoms with Gasteiger partial charge in [0.15, 0.2) is 0 Å². The molecule has 7 rings (SSSR count). The van der Waals surface area contributed by atoms with E-state index in [4.69, 9.17) is 26.3 Å². The summed E-state index contributed by atoms with van der Waals surface area (Å²) in [5.41, 5.74) is 7.83. The van der Waals surface area contributed by atoms with E-state index >= 15 is 0 Å². The molecule has 2 aromatic carbocycles. The summed E-state index contributed by atoms with van der Waals surface area (Å²) in [6.07, 6.45) is 4.72. The molecule has 0 radical (unpaired) electrons. The van der Waals surface area contributed by atoms with E-state index in [-0.39, 0.29) is 5.91 Å². The summed E-state index contributed by atoms with van der Waals surface area (Å²) in [6, 6.07) is 20.8. The Morgan fingerprint density at radius 1 is 1.07 bits per heavy atom. The highest BCUT2D eigenvalue weighted by molar-refractivity contribution is 6.30. The second-order valence-corrected chi connectivity index (χ2v) is 11.6. The fourth-order valence-corrected chi connectivity index (χ4v) is 5.66. The van der Waals surface area contributed by atoms with Crippen LogP contribution >= 0.6 is 11.6 Å². The number of ether oxygens (including phenoxy) is 1. The lowest BCUT2D eigenvalue weighted by Crippen LogP contribution is -2.29. The van der Waals surface area contributed by atoms with Crippen molar-refractivity contribution in [2.45, 2.75) is 26.5 Å². The molecule has 0 fully saturated rings. The van der Waals surface area contributed by atoms with Crippen LogP contribution in [0.25, 0.3) is 27.5 Å². The highest BCUT2D eigenvalue weighted by Crippen LogP contribution is 2.26. The molecule has 0 unspecified atom stereocenters. The first-order valence-electron chi connectivity index (χ1n) is 14.7. The molecule has 1 aliphatic heterocycles. The minimum absolute atomic E-state index is 0.172. The summed E-state index contributed by atoms with van der Waals surface area (Å²) >= 11 is 5.92. The molecule has 5 heterocycles. The second kappa shape index (κ2) is 12.1. The predicted molar refractivity (Wildman–Crippen MR) is 175 cm³/mol. The number of imidazole rings is 1. The lowest BCUT2D eigenvalue weighted by Gasteiger charge is -2.25. The Balaban J connectivity index is 0.992. The SMILES string of the molecule is Cc1[nH]nc2ccc(C(=O)Nc3ccc4c(c3)nc(CN3CC=C(c5cccc(OCc6ccc(Cl)cn6)n5)CC3)n4C)cc12. The Bertz CT molecular complexity index is 2060. The number of hydrogen-bond donors (Lipinski definition) is 2. The maximum Gasteiger partial charge on any atom is 0.255 e. The summed E-state index contributed by atoms with van der Waals surface area (Å²) in [4.78, 5) is 29.3. The quantitative estimate of drug-likeness (QED) is 0.205. The average Bonchev–Trinajstić information content (AvgIpc) is 3.59. The van der Waals surface area contributed by atoms with E-state index in [1.165, 1.54) is 5.57 Å². The van der Waals surface area contributed by atoms with Crippen LogP contribution in [0.4, 0.5) is 5.69 Å². The Morgan fingerprint density at radius 2 is 1.98 bits per heavy atom. The van der Waals surface area contributed by atoms with Gasteiger partial charge < -0.3 is 14.6 Å². The number of amides is 1. The summed E-state index contributed by atoms with van der Waals surface area (Å²) < 4.78 is 8.00. The first-order valence-corrected chi connectivity index (χ1v) is 15.1. The van der Waals surface area contributed by atoms with Crippen LogP contribution in [0.1, 0.15) is 39.7 Å². The third-order valence-corrected chi connectivity index (χ3v) is 8.33. The lowest BCUT2D eigenvalue weighted by atomic mass is 10.0. The molecule has 0 bridgehead atoms. The van der Waals surface area contributed by atoms with Gasteiger partial charge in [-0.05, 0) is 73.5 Å². The first kappa shape index (κ1) is 28.7. The average molecular weight is 619 g/mol. The monoisotopic (exact) mass is 618 g/mol. The van der Waals surface area contributed by atoms with E-state index in [1.54, 1.807) is 18.3 Å². The molecule has 1 amide bonds. The lowest BCUT2D eigenvalue weighted by molar-refractivity contribution is 0.102. The van der Waals surface area contributed by atoms with Crippen molar-refractivity contribution in [2.75, 3.05) is 18.4 Å². The fraction of sp³-hybridized carbons (Fsp3) is 0.206. The summed E-state index contributed by atoms with van der Waals surface area (Å²) in [5.74, 6) is 1.36. The van der Waals surface area contributed by atoms with Gasteiger partial charge in [0, 0.05) is 54.7 Å². The molecule has 0 aliphatic carbocycles. The Kier molecular flexibility index (Phi) is 7.74. The van der Waals surface area contributed by atoms with Gasteiger partial charge in [0.2, 0.25) is 5.88 Å². The smallest absolute Gasteiger partial charge is 0.255 e. The predicted octanol–water partition coefficient (Wildman–Crippen LogP) is 6.32. The number of nitrogens with zero attached hydrogens (tertiary/aromatic N) is 6. The topological polar surface area (TPSA) is 114 Å². The fourth-order valence-electron chi connectivity index (χ4n) is 5.55. The van der Waals surface area contributed by atoms with Crippen molar-refractivity contribution in [3.63, 3.8) is 0 Å². The molecule has 0 saturated carbocycles. The van der Waals surface area contributed by atoms with E-state index in [1.807, 2.05) is 68.6 Å². The van der Waals surface area contributed by atoms with Gasteiger partial charge in [-0.1, -0.05) is 23.7 Å². The van der Waals surface area contributed by atoms with E-state index in [2.05, 4.69) is 36.0 Å². The van der Waals surface area contributed by atoms with Gasteiger partial charge in [-0.3, -0.25) is 19.8 Å². The molecule has 2 N–H and O–H groups in total. The van der Waals surface area contributed by atoms with Crippen molar-refractivity contribution in [2.24, 2.45) is 7.05 Å². The maximum atomic E-state index is 13.0. The van der Waals surface area contributed by atoms with Crippen molar-refractivity contribution in [1.29, 1.82) is 0 Å². The van der Waals surface area contributed by atoms with Crippen molar-refractivity contribution in [3.8, 4) is 5.88 Å². The number of aromatic nitrogens is 6. The molecule has 0 saturated heterocycles. The number of benzene rings is 2.